The molecule has 0 unspecified atom stereocenters. The molecular weight excluding hydrogens is 198 g/mol. The number of rotatable bonds is 3. The Morgan fingerprint density at radius 1 is 1.00 bits per heavy atom. The Balaban J connectivity index is 3.08. The minimum atomic E-state index is -0.506. The summed E-state index contributed by atoms with van der Waals surface area (Å²) in [6, 6.07) is 2.32. The molecule has 84 valence electrons. The Kier molecular flexibility index (Phi) is 3.66. The van der Waals surface area contributed by atoms with Crippen LogP contribution in [0.5, 0.6) is 5.75 Å². The van der Waals surface area contributed by atoms with Gasteiger partial charge in [0, 0.05) is 6.07 Å². The average Bonchev–Trinajstić information content (AvgIpc) is 2.09. The average molecular weight is 214 g/mol. The van der Waals surface area contributed by atoms with Crippen LogP contribution in [0.1, 0.15) is 39.2 Å². The fourth-order valence-corrected chi connectivity index (χ4v) is 1.33. The Morgan fingerprint density at radius 3 is 2.07 bits per heavy atom. The highest BCUT2D eigenvalue weighted by molar-refractivity contribution is 5.32. The van der Waals surface area contributed by atoms with Crippen molar-refractivity contribution in [1.29, 1.82) is 0 Å². The van der Waals surface area contributed by atoms with E-state index in [0.717, 1.165) is 6.07 Å². The highest BCUT2D eigenvalue weighted by atomic mass is 19.1. The normalized spacial score (nSPS) is 11.2. The second kappa shape index (κ2) is 4.60. The van der Waals surface area contributed by atoms with Gasteiger partial charge in [-0.2, -0.15) is 0 Å². The van der Waals surface area contributed by atoms with Crippen molar-refractivity contribution >= 4 is 0 Å². The molecule has 0 atom stereocenters. The minimum Gasteiger partial charge on any atom is -0.488 e. The summed E-state index contributed by atoms with van der Waals surface area (Å²) in [5.41, 5.74) is 0.378. The van der Waals surface area contributed by atoms with Crippen molar-refractivity contribution in [2.45, 2.75) is 39.7 Å². The van der Waals surface area contributed by atoms with Crippen LogP contribution >= 0.6 is 0 Å². The van der Waals surface area contributed by atoms with Gasteiger partial charge in [0.2, 0.25) is 0 Å². The first-order valence-electron chi connectivity index (χ1n) is 5.07. The van der Waals surface area contributed by atoms with E-state index in [-0.39, 0.29) is 17.8 Å². The maximum Gasteiger partial charge on any atom is 0.165 e. The molecule has 0 bridgehead atoms. The lowest BCUT2D eigenvalue weighted by Gasteiger charge is -2.13. The van der Waals surface area contributed by atoms with Crippen LogP contribution < -0.4 is 4.74 Å². The summed E-state index contributed by atoms with van der Waals surface area (Å²) < 4.78 is 32.1. The number of halogens is 2. The van der Waals surface area contributed by atoms with Crippen molar-refractivity contribution in [1.82, 2.24) is 0 Å². The van der Waals surface area contributed by atoms with Gasteiger partial charge in [0.15, 0.2) is 11.6 Å². The quantitative estimate of drug-likeness (QED) is 0.742. The smallest absolute Gasteiger partial charge is 0.165 e. The SMILES string of the molecule is CC(C)Oc1cc(F)c(C(C)C)cc1F. The van der Waals surface area contributed by atoms with Gasteiger partial charge in [-0.1, -0.05) is 13.8 Å². The van der Waals surface area contributed by atoms with E-state index in [1.807, 2.05) is 13.8 Å². The lowest BCUT2D eigenvalue weighted by Crippen LogP contribution is -2.08. The van der Waals surface area contributed by atoms with Gasteiger partial charge in [0.05, 0.1) is 6.10 Å². The van der Waals surface area contributed by atoms with Crippen molar-refractivity contribution in [3.8, 4) is 5.75 Å². The number of benzene rings is 1. The molecule has 3 heteroatoms. The number of hydrogen-bond donors (Lipinski definition) is 0. The fourth-order valence-electron chi connectivity index (χ4n) is 1.33. The highest BCUT2D eigenvalue weighted by Gasteiger charge is 2.13. The van der Waals surface area contributed by atoms with Gasteiger partial charge < -0.3 is 4.74 Å². The van der Waals surface area contributed by atoms with Gasteiger partial charge >= 0.3 is 0 Å². The first-order valence-corrected chi connectivity index (χ1v) is 5.07. The van der Waals surface area contributed by atoms with Gasteiger partial charge in [0.1, 0.15) is 5.82 Å². The molecule has 1 rings (SSSR count). The summed E-state index contributed by atoms with van der Waals surface area (Å²) in [4.78, 5) is 0. The van der Waals surface area contributed by atoms with Crippen LogP contribution in [0.15, 0.2) is 12.1 Å². The molecule has 1 aromatic rings. The Morgan fingerprint density at radius 2 is 1.60 bits per heavy atom. The zero-order chi connectivity index (χ0) is 11.6. The molecule has 0 saturated heterocycles. The van der Waals surface area contributed by atoms with Crippen molar-refractivity contribution < 1.29 is 13.5 Å². The molecular formula is C12H16F2O. The van der Waals surface area contributed by atoms with Crippen molar-refractivity contribution in [3.63, 3.8) is 0 Å². The van der Waals surface area contributed by atoms with E-state index in [0.29, 0.717) is 5.56 Å². The van der Waals surface area contributed by atoms with E-state index in [2.05, 4.69) is 0 Å². The third-order valence-corrected chi connectivity index (χ3v) is 2.04. The molecule has 0 aromatic heterocycles. The van der Waals surface area contributed by atoms with Gasteiger partial charge in [-0.3, -0.25) is 0 Å². The van der Waals surface area contributed by atoms with E-state index in [9.17, 15) is 8.78 Å². The minimum absolute atomic E-state index is 0.0214. The maximum atomic E-state index is 13.5. The molecule has 0 heterocycles. The topological polar surface area (TPSA) is 9.23 Å². The monoisotopic (exact) mass is 214 g/mol. The highest BCUT2D eigenvalue weighted by Crippen LogP contribution is 2.26. The lowest BCUT2D eigenvalue weighted by atomic mass is 10.0. The van der Waals surface area contributed by atoms with Crippen LogP contribution in [0.3, 0.4) is 0 Å². The van der Waals surface area contributed by atoms with E-state index < -0.39 is 11.6 Å². The van der Waals surface area contributed by atoms with Crippen LogP contribution in [-0.4, -0.2) is 6.10 Å². The second-order valence-corrected chi connectivity index (χ2v) is 4.13. The molecule has 1 aromatic carbocycles. The fraction of sp³-hybridized carbons (Fsp3) is 0.500. The Labute approximate surface area is 89.1 Å². The largest absolute Gasteiger partial charge is 0.488 e. The molecule has 0 saturated carbocycles. The molecule has 0 amide bonds. The van der Waals surface area contributed by atoms with Gasteiger partial charge in [0.25, 0.3) is 0 Å². The van der Waals surface area contributed by atoms with Crippen LogP contribution in [-0.2, 0) is 0 Å². The molecule has 0 N–H and O–H groups in total. The van der Waals surface area contributed by atoms with Gasteiger partial charge in [-0.05, 0) is 31.4 Å². The standard InChI is InChI=1S/C12H16F2O/c1-7(2)9-5-11(14)12(6-10(9)13)15-8(3)4/h5-8H,1-4H3. The Bertz CT molecular complexity index is 346. The number of hydrogen-bond acceptors (Lipinski definition) is 1. The van der Waals surface area contributed by atoms with Gasteiger partial charge in [-0.15, -0.1) is 0 Å². The van der Waals surface area contributed by atoms with Crippen molar-refractivity contribution in [2.24, 2.45) is 0 Å². The predicted molar refractivity (Wildman–Crippen MR) is 56.2 cm³/mol. The zero-order valence-corrected chi connectivity index (χ0v) is 9.47. The van der Waals surface area contributed by atoms with Crippen molar-refractivity contribution in [2.75, 3.05) is 0 Å². The molecule has 0 aliphatic heterocycles. The first kappa shape index (κ1) is 12.0. The summed E-state index contributed by atoms with van der Waals surface area (Å²) in [6.07, 6.45) is -0.163. The predicted octanol–water partition coefficient (Wildman–Crippen LogP) is 3.88. The van der Waals surface area contributed by atoms with Gasteiger partial charge in [-0.25, -0.2) is 8.78 Å². The summed E-state index contributed by atoms with van der Waals surface area (Å²) in [5, 5.41) is 0. The molecule has 1 nitrogen and oxygen atoms in total. The molecule has 0 radical (unpaired) electrons. The molecule has 0 aliphatic carbocycles. The summed E-state index contributed by atoms with van der Waals surface area (Å²) in [6.45, 7) is 7.18. The summed E-state index contributed by atoms with van der Waals surface area (Å²) >= 11 is 0. The van der Waals surface area contributed by atoms with Crippen molar-refractivity contribution in [3.05, 3.63) is 29.3 Å². The summed E-state index contributed by atoms with van der Waals surface area (Å²) in [5.74, 6) is -0.977. The van der Waals surface area contributed by atoms with E-state index >= 15 is 0 Å². The second-order valence-electron chi connectivity index (χ2n) is 4.13. The molecule has 15 heavy (non-hydrogen) atoms. The first-order chi connectivity index (χ1) is 6.91. The van der Waals surface area contributed by atoms with E-state index in [1.54, 1.807) is 13.8 Å². The summed E-state index contributed by atoms with van der Waals surface area (Å²) in [7, 11) is 0. The molecule has 0 aliphatic rings. The van der Waals surface area contributed by atoms with Crippen LogP contribution in [0.2, 0.25) is 0 Å². The zero-order valence-electron chi connectivity index (χ0n) is 9.47. The molecule has 0 fully saturated rings. The Hall–Kier alpha value is -1.12. The van der Waals surface area contributed by atoms with Crippen LogP contribution in [0.25, 0.3) is 0 Å². The van der Waals surface area contributed by atoms with Crippen LogP contribution in [0, 0.1) is 11.6 Å². The number of ether oxygens (including phenoxy) is 1. The molecule has 0 spiro atoms. The third kappa shape index (κ3) is 2.91. The lowest BCUT2D eigenvalue weighted by molar-refractivity contribution is 0.229. The van der Waals surface area contributed by atoms with Crippen LogP contribution in [0.4, 0.5) is 8.78 Å². The third-order valence-electron chi connectivity index (χ3n) is 2.04. The van der Waals surface area contributed by atoms with E-state index in [1.165, 1.54) is 6.07 Å². The maximum absolute atomic E-state index is 13.5. The van der Waals surface area contributed by atoms with E-state index in [4.69, 9.17) is 4.74 Å².